The molecule has 3 N–H and O–H groups in total. The number of carbonyl (C=O) groups is 3. The number of aromatic nitrogens is 1. The lowest BCUT2D eigenvalue weighted by Gasteiger charge is -2.09. The Morgan fingerprint density at radius 3 is 2.28 bits per heavy atom. The molecule has 6 nitrogen and oxygen atoms in total. The van der Waals surface area contributed by atoms with E-state index in [1.807, 2.05) is 30.3 Å². The monoisotopic (exact) mass is 390 g/mol. The molecule has 0 radical (unpaired) electrons. The summed E-state index contributed by atoms with van der Waals surface area (Å²) in [4.78, 5) is 35.7. The maximum atomic E-state index is 15.0. The molecule has 0 atom stereocenters. The molecule has 0 aliphatic rings. The number of hydrogen-bond donors (Lipinski definition) is 2. The number of hydrogen-bond acceptors (Lipinski definition) is 3. The Labute approximate surface area is 164 Å². The molecule has 0 unspecified atom stereocenters. The molecule has 0 spiro atoms. The van der Waals surface area contributed by atoms with Crippen LogP contribution in [0.5, 0.6) is 0 Å². The van der Waals surface area contributed by atoms with E-state index in [1.165, 1.54) is 6.07 Å². The fourth-order valence-electron chi connectivity index (χ4n) is 3.67. The van der Waals surface area contributed by atoms with Crippen molar-refractivity contribution in [3.8, 4) is 0 Å². The summed E-state index contributed by atoms with van der Waals surface area (Å²) >= 11 is 0. The SMILES string of the molecule is NC(=O)c1cccc2c1c1c(C(=O)C(=O)O)ccc(F)c1n2Cc1ccccc1. The minimum atomic E-state index is -1.67. The van der Waals surface area contributed by atoms with E-state index in [0.29, 0.717) is 5.52 Å². The third kappa shape index (κ3) is 2.93. The number of aliphatic carboxylic acids is 1. The lowest BCUT2D eigenvalue weighted by molar-refractivity contribution is -0.131. The fraction of sp³-hybridized carbons (Fsp3) is 0.0455. The zero-order chi connectivity index (χ0) is 20.7. The summed E-state index contributed by atoms with van der Waals surface area (Å²) in [5.74, 6) is -4.25. The molecule has 3 aromatic carbocycles. The second-order valence-electron chi connectivity index (χ2n) is 6.59. The van der Waals surface area contributed by atoms with Crippen LogP contribution < -0.4 is 5.73 Å². The van der Waals surface area contributed by atoms with Crippen molar-refractivity contribution < 1.29 is 23.9 Å². The number of amides is 1. The number of ketones is 1. The number of halogens is 1. The number of carboxylic acid groups (broad SMARTS) is 1. The lowest BCUT2D eigenvalue weighted by atomic mass is 9.99. The molecule has 1 amide bonds. The van der Waals surface area contributed by atoms with Crippen molar-refractivity contribution in [1.29, 1.82) is 0 Å². The van der Waals surface area contributed by atoms with E-state index in [-0.39, 0.29) is 34.0 Å². The zero-order valence-corrected chi connectivity index (χ0v) is 15.1. The fourth-order valence-corrected chi connectivity index (χ4v) is 3.67. The third-order valence-electron chi connectivity index (χ3n) is 4.87. The van der Waals surface area contributed by atoms with Crippen LogP contribution in [-0.4, -0.2) is 27.3 Å². The first-order valence-corrected chi connectivity index (χ1v) is 8.75. The molecule has 4 aromatic rings. The highest BCUT2D eigenvalue weighted by Crippen LogP contribution is 2.36. The number of fused-ring (bicyclic) bond motifs is 3. The summed E-state index contributed by atoms with van der Waals surface area (Å²) in [6.07, 6.45) is 0. The van der Waals surface area contributed by atoms with Crippen molar-refractivity contribution in [1.82, 2.24) is 4.57 Å². The maximum Gasteiger partial charge on any atom is 0.377 e. The van der Waals surface area contributed by atoms with Gasteiger partial charge in [-0.3, -0.25) is 9.59 Å². The van der Waals surface area contributed by atoms with Gasteiger partial charge in [0.25, 0.3) is 5.78 Å². The van der Waals surface area contributed by atoms with Crippen LogP contribution in [0.2, 0.25) is 0 Å². The molecule has 0 aliphatic heterocycles. The van der Waals surface area contributed by atoms with E-state index < -0.39 is 23.5 Å². The van der Waals surface area contributed by atoms with Gasteiger partial charge in [0.15, 0.2) is 0 Å². The van der Waals surface area contributed by atoms with Crippen LogP contribution in [-0.2, 0) is 11.3 Å². The molecule has 7 heteroatoms. The average molecular weight is 390 g/mol. The summed E-state index contributed by atoms with van der Waals surface area (Å²) in [5, 5.41) is 9.54. The Bertz CT molecular complexity index is 1310. The molecule has 1 heterocycles. The Morgan fingerprint density at radius 2 is 1.62 bits per heavy atom. The summed E-state index contributed by atoms with van der Waals surface area (Å²) in [7, 11) is 0. The largest absolute Gasteiger partial charge is 0.475 e. The molecule has 0 aliphatic carbocycles. The van der Waals surface area contributed by atoms with E-state index >= 15 is 0 Å². The number of benzene rings is 3. The number of carboxylic acids is 1. The minimum Gasteiger partial charge on any atom is -0.475 e. The van der Waals surface area contributed by atoms with E-state index in [9.17, 15) is 23.9 Å². The number of primary amides is 1. The molecule has 29 heavy (non-hydrogen) atoms. The first-order valence-electron chi connectivity index (χ1n) is 8.75. The Hall–Kier alpha value is -4.00. The van der Waals surface area contributed by atoms with Crippen LogP contribution in [0.4, 0.5) is 4.39 Å². The molecule has 4 rings (SSSR count). The number of carbonyl (C=O) groups excluding carboxylic acids is 2. The Balaban J connectivity index is 2.19. The van der Waals surface area contributed by atoms with Crippen LogP contribution in [0.25, 0.3) is 21.8 Å². The number of Topliss-reactive ketones (excluding diaryl/α,β-unsaturated/α-hetero) is 1. The Morgan fingerprint density at radius 1 is 0.897 bits per heavy atom. The van der Waals surface area contributed by atoms with Gasteiger partial charge >= 0.3 is 5.97 Å². The van der Waals surface area contributed by atoms with E-state index in [1.54, 1.807) is 16.7 Å². The lowest BCUT2D eigenvalue weighted by Crippen LogP contribution is -2.14. The molecule has 144 valence electrons. The van der Waals surface area contributed by atoms with Gasteiger partial charge in [0.05, 0.1) is 11.0 Å². The molecular weight excluding hydrogens is 375 g/mol. The van der Waals surface area contributed by atoms with Gasteiger partial charge in [-0.05, 0) is 29.8 Å². The first-order chi connectivity index (χ1) is 13.9. The van der Waals surface area contributed by atoms with Gasteiger partial charge in [0.1, 0.15) is 5.82 Å². The van der Waals surface area contributed by atoms with E-state index in [4.69, 9.17) is 5.73 Å². The van der Waals surface area contributed by atoms with Crippen molar-refractivity contribution in [2.24, 2.45) is 5.73 Å². The number of rotatable bonds is 5. The van der Waals surface area contributed by atoms with Gasteiger partial charge in [-0.15, -0.1) is 0 Å². The highest BCUT2D eigenvalue weighted by molar-refractivity contribution is 6.43. The molecule has 0 fully saturated rings. The van der Waals surface area contributed by atoms with Gasteiger partial charge in [0, 0.05) is 28.4 Å². The summed E-state index contributed by atoms with van der Waals surface area (Å²) in [6, 6.07) is 16.2. The molecular formula is C22H15FN2O4. The zero-order valence-electron chi connectivity index (χ0n) is 15.1. The average Bonchev–Trinajstić information content (AvgIpc) is 3.04. The standard InChI is InChI=1S/C22H15FN2O4/c23-15-10-9-13(20(26)22(28)29)18-17-14(21(24)27)7-4-8-16(17)25(19(15)18)11-12-5-2-1-3-6-12/h1-10H,11H2,(H2,24,27)(H,28,29). The van der Waals surface area contributed by atoms with E-state index in [2.05, 4.69) is 0 Å². The second-order valence-corrected chi connectivity index (χ2v) is 6.59. The van der Waals surface area contributed by atoms with Crippen LogP contribution >= 0.6 is 0 Å². The molecule has 0 saturated heterocycles. The number of nitrogens with two attached hydrogens (primary N) is 1. The second kappa shape index (κ2) is 6.87. The molecule has 0 bridgehead atoms. The molecule has 1 aromatic heterocycles. The van der Waals surface area contributed by atoms with Crippen LogP contribution in [0.15, 0.2) is 60.7 Å². The Kier molecular flexibility index (Phi) is 4.35. The number of nitrogens with zero attached hydrogens (tertiary/aromatic N) is 1. The third-order valence-corrected chi connectivity index (χ3v) is 4.87. The van der Waals surface area contributed by atoms with Gasteiger partial charge in [-0.2, -0.15) is 0 Å². The van der Waals surface area contributed by atoms with Gasteiger partial charge in [0.2, 0.25) is 5.91 Å². The topological polar surface area (TPSA) is 102 Å². The van der Waals surface area contributed by atoms with Crippen LogP contribution in [0.3, 0.4) is 0 Å². The van der Waals surface area contributed by atoms with Crippen molar-refractivity contribution in [2.45, 2.75) is 6.54 Å². The normalized spacial score (nSPS) is 11.1. The van der Waals surface area contributed by atoms with Gasteiger partial charge < -0.3 is 15.4 Å². The van der Waals surface area contributed by atoms with Crippen molar-refractivity contribution in [2.75, 3.05) is 0 Å². The summed E-state index contributed by atoms with van der Waals surface area (Å²) < 4.78 is 16.6. The molecule has 0 saturated carbocycles. The first kappa shape index (κ1) is 18.4. The quantitative estimate of drug-likeness (QED) is 0.403. The van der Waals surface area contributed by atoms with Crippen molar-refractivity contribution in [3.63, 3.8) is 0 Å². The van der Waals surface area contributed by atoms with Crippen molar-refractivity contribution >= 4 is 39.5 Å². The van der Waals surface area contributed by atoms with Crippen molar-refractivity contribution in [3.05, 3.63) is 83.2 Å². The van der Waals surface area contributed by atoms with Gasteiger partial charge in [-0.25, -0.2) is 9.18 Å². The highest BCUT2D eigenvalue weighted by Gasteiger charge is 2.26. The predicted molar refractivity (Wildman–Crippen MR) is 105 cm³/mol. The minimum absolute atomic E-state index is 0.0460. The van der Waals surface area contributed by atoms with Gasteiger partial charge in [-0.1, -0.05) is 36.4 Å². The summed E-state index contributed by atoms with van der Waals surface area (Å²) in [5.41, 5.74) is 6.79. The van der Waals surface area contributed by atoms with Crippen LogP contribution in [0, 0.1) is 5.82 Å². The van der Waals surface area contributed by atoms with Crippen LogP contribution in [0.1, 0.15) is 26.3 Å². The highest BCUT2D eigenvalue weighted by atomic mass is 19.1. The maximum absolute atomic E-state index is 15.0. The smallest absolute Gasteiger partial charge is 0.377 e. The van der Waals surface area contributed by atoms with E-state index in [0.717, 1.165) is 17.7 Å². The predicted octanol–water partition coefficient (Wildman–Crippen LogP) is 3.35. The summed E-state index contributed by atoms with van der Waals surface area (Å²) in [6.45, 7) is 0.255.